The van der Waals surface area contributed by atoms with Crippen molar-refractivity contribution in [1.29, 1.82) is 0 Å². The Bertz CT molecular complexity index is 589. The van der Waals surface area contributed by atoms with Crippen LogP contribution in [0.3, 0.4) is 0 Å². The third-order valence-electron chi connectivity index (χ3n) is 2.80. The monoisotopic (exact) mass is 347 g/mol. The lowest BCUT2D eigenvalue weighted by Crippen LogP contribution is -2.26. The zero-order valence-corrected chi connectivity index (χ0v) is 14.4. The van der Waals surface area contributed by atoms with Crippen LogP contribution in [0.25, 0.3) is 0 Å². The highest BCUT2D eigenvalue weighted by Gasteiger charge is 2.13. The van der Waals surface area contributed by atoms with Gasteiger partial charge in [0.2, 0.25) is 0 Å². The van der Waals surface area contributed by atoms with Gasteiger partial charge >= 0.3 is 0 Å². The summed E-state index contributed by atoms with van der Waals surface area (Å²) >= 11 is 1.65. The van der Waals surface area contributed by atoms with Crippen molar-refractivity contribution in [3.05, 3.63) is 45.9 Å². The lowest BCUT2D eigenvalue weighted by molar-refractivity contribution is 0.0785. The highest BCUT2D eigenvalue weighted by atomic mass is 35.5. The fraction of sp³-hybridized carbons (Fsp3) is 0.286. The Labute approximate surface area is 141 Å². The lowest BCUT2D eigenvalue weighted by atomic mass is 10.2. The first kappa shape index (κ1) is 19.7. The summed E-state index contributed by atoms with van der Waals surface area (Å²) < 4.78 is 0. The van der Waals surface area contributed by atoms with E-state index in [4.69, 9.17) is 5.73 Å². The number of hydrogen-bond donors (Lipinski definition) is 1. The number of anilines is 1. The van der Waals surface area contributed by atoms with Gasteiger partial charge in [-0.25, -0.2) is 4.98 Å². The average molecular weight is 348 g/mol. The van der Waals surface area contributed by atoms with E-state index in [9.17, 15) is 4.79 Å². The van der Waals surface area contributed by atoms with Crippen LogP contribution in [0.1, 0.15) is 27.2 Å². The molecule has 1 amide bonds. The molecule has 1 heterocycles. The van der Waals surface area contributed by atoms with Gasteiger partial charge in [-0.1, -0.05) is 13.0 Å². The smallest absolute Gasteiger partial charge is 0.254 e. The maximum atomic E-state index is 12.2. The van der Waals surface area contributed by atoms with Gasteiger partial charge in [0.1, 0.15) is 5.01 Å². The van der Waals surface area contributed by atoms with Crippen molar-refractivity contribution in [3.8, 4) is 0 Å². The summed E-state index contributed by atoms with van der Waals surface area (Å²) in [5, 5.41) is 0.955. The summed E-state index contributed by atoms with van der Waals surface area (Å²) in [5.74, 6) is -0.0412. The van der Waals surface area contributed by atoms with Gasteiger partial charge in [-0.3, -0.25) is 4.79 Å². The molecule has 0 unspecified atom stereocenters. The first-order valence-electron chi connectivity index (χ1n) is 6.14. The van der Waals surface area contributed by atoms with E-state index in [0.717, 1.165) is 11.4 Å². The molecule has 7 heteroatoms. The average Bonchev–Trinajstić information content (AvgIpc) is 2.85. The van der Waals surface area contributed by atoms with Gasteiger partial charge in [-0.15, -0.1) is 36.2 Å². The fourth-order valence-corrected chi connectivity index (χ4v) is 2.67. The second kappa shape index (κ2) is 8.87. The fourth-order valence-electron chi connectivity index (χ4n) is 1.75. The summed E-state index contributed by atoms with van der Waals surface area (Å²) in [6.45, 7) is 2.62. The number of thiazole rings is 1. The maximum absolute atomic E-state index is 12.2. The molecule has 0 saturated heterocycles. The number of hydrogen-bond acceptors (Lipinski definition) is 4. The first-order valence-corrected chi connectivity index (χ1v) is 6.96. The van der Waals surface area contributed by atoms with Gasteiger partial charge in [0, 0.05) is 29.4 Å². The van der Waals surface area contributed by atoms with Gasteiger partial charge in [0.05, 0.1) is 6.54 Å². The number of rotatable bonds is 4. The summed E-state index contributed by atoms with van der Waals surface area (Å²) in [6, 6.07) is 7.02. The third-order valence-corrected chi connectivity index (χ3v) is 3.93. The maximum Gasteiger partial charge on any atom is 0.254 e. The molecule has 0 aliphatic carbocycles. The van der Waals surface area contributed by atoms with E-state index in [1.165, 1.54) is 4.88 Å². The molecule has 2 rings (SSSR count). The number of aryl methyl sites for hydroxylation is 1. The molecule has 21 heavy (non-hydrogen) atoms. The van der Waals surface area contributed by atoms with Crippen LogP contribution in [0.4, 0.5) is 5.69 Å². The van der Waals surface area contributed by atoms with Crippen molar-refractivity contribution >= 4 is 47.7 Å². The number of amides is 1. The molecule has 0 spiro atoms. The Balaban J connectivity index is 0.00000200. The molecule has 4 nitrogen and oxygen atoms in total. The van der Waals surface area contributed by atoms with Crippen LogP contribution in [0.2, 0.25) is 0 Å². The molecule has 0 radical (unpaired) electrons. The number of benzene rings is 1. The Morgan fingerprint density at radius 1 is 1.38 bits per heavy atom. The summed E-state index contributed by atoms with van der Waals surface area (Å²) in [7, 11) is 1.78. The predicted molar refractivity (Wildman–Crippen MR) is 92.6 cm³/mol. The lowest BCUT2D eigenvalue weighted by Gasteiger charge is -2.15. The minimum Gasteiger partial charge on any atom is -0.399 e. The highest BCUT2D eigenvalue weighted by Crippen LogP contribution is 2.16. The Kier molecular flexibility index (Phi) is 8.32. The molecule has 0 aliphatic heterocycles. The van der Waals surface area contributed by atoms with Crippen LogP contribution >= 0.6 is 36.2 Å². The van der Waals surface area contributed by atoms with Crippen LogP contribution in [0.5, 0.6) is 0 Å². The van der Waals surface area contributed by atoms with E-state index >= 15 is 0 Å². The van der Waals surface area contributed by atoms with Gasteiger partial charge in [-0.2, -0.15) is 0 Å². The van der Waals surface area contributed by atoms with Crippen LogP contribution in [-0.2, 0) is 13.0 Å². The topological polar surface area (TPSA) is 59.2 Å². The number of carbonyl (C=O) groups is 1. The van der Waals surface area contributed by atoms with Gasteiger partial charge in [0.25, 0.3) is 5.91 Å². The van der Waals surface area contributed by atoms with Gasteiger partial charge in [0.15, 0.2) is 0 Å². The van der Waals surface area contributed by atoms with Crippen LogP contribution in [0, 0.1) is 0 Å². The van der Waals surface area contributed by atoms with Crippen molar-refractivity contribution in [2.24, 2.45) is 0 Å². The second-order valence-corrected chi connectivity index (χ2v) is 5.56. The SMILES string of the molecule is CCc1cnc(CN(C)C(=O)c2cccc(N)c2)s1.Cl.Cl. The van der Waals surface area contributed by atoms with Crippen LogP contribution in [-0.4, -0.2) is 22.8 Å². The van der Waals surface area contributed by atoms with E-state index in [2.05, 4.69) is 11.9 Å². The molecule has 1 aromatic heterocycles. The van der Waals surface area contributed by atoms with E-state index in [-0.39, 0.29) is 30.7 Å². The highest BCUT2D eigenvalue weighted by molar-refractivity contribution is 7.11. The molecular formula is C14H19Cl2N3OS. The quantitative estimate of drug-likeness (QED) is 0.862. The van der Waals surface area contributed by atoms with Crippen molar-refractivity contribution < 1.29 is 4.79 Å². The Morgan fingerprint density at radius 2 is 2.10 bits per heavy atom. The van der Waals surface area contributed by atoms with E-state index in [1.807, 2.05) is 6.20 Å². The molecule has 1 aromatic carbocycles. The number of aromatic nitrogens is 1. The van der Waals surface area contributed by atoms with Crippen molar-refractivity contribution in [2.75, 3.05) is 12.8 Å². The van der Waals surface area contributed by atoms with Crippen molar-refractivity contribution in [3.63, 3.8) is 0 Å². The summed E-state index contributed by atoms with van der Waals surface area (Å²) in [5.41, 5.74) is 6.89. The van der Waals surface area contributed by atoms with Crippen molar-refractivity contribution in [2.45, 2.75) is 19.9 Å². The largest absolute Gasteiger partial charge is 0.399 e. The van der Waals surface area contributed by atoms with Gasteiger partial charge in [-0.05, 0) is 24.6 Å². The Hall–Kier alpha value is -1.30. The normalized spacial score (nSPS) is 9.43. The molecule has 116 valence electrons. The molecule has 0 fully saturated rings. The minimum absolute atomic E-state index is 0. The molecule has 0 bridgehead atoms. The third kappa shape index (κ3) is 5.19. The predicted octanol–water partition coefficient (Wildman–Crippen LogP) is 3.40. The van der Waals surface area contributed by atoms with E-state index < -0.39 is 0 Å². The molecule has 0 atom stereocenters. The number of carbonyl (C=O) groups excluding carboxylic acids is 1. The zero-order valence-electron chi connectivity index (χ0n) is 11.9. The summed E-state index contributed by atoms with van der Waals surface area (Å²) in [6.07, 6.45) is 2.85. The minimum atomic E-state index is -0.0412. The molecule has 2 aromatic rings. The van der Waals surface area contributed by atoms with Crippen LogP contribution < -0.4 is 5.73 Å². The number of halogens is 2. The number of nitrogen functional groups attached to an aromatic ring is 1. The Morgan fingerprint density at radius 3 is 2.67 bits per heavy atom. The van der Waals surface area contributed by atoms with Crippen LogP contribution in [0.15, 0.2) is 30.5 Å². The zero-order chi connectivity index (χ0) is 13.8. The van der Waals surface area contributed by atoms with E-state index in [1.54, 1.807) is 47.5 Å². The number of nitrogens with zero attached hydrogens (tertiary/aromatic N) is 2. The van der Waals surface area contributed by atoms with Crippen molar-refractivity contribution in [1.82, 2.24) is 9.88 Å². The summed E-state index contributed by atoms with van der Waals surface area (Å²) in [4.78, 5) is 19.4. The van der Waals surface area contributed by atoms with Gasteiger partial charge < -0.3 is 10.6 Å². The molecule has 0 aliphatic rings. The number of nitrogens with two attached hydrogens (primary N) is 1. The standard InChI is InChI=1S/C14H17N3OS.2ClH/c1-3-12-8-16-13(19-12)9-17(2)14(18)10-5-4-6-11(15)7-10;;/h4-8H,3,9,15H2,1-2H3;2*1H. The second-order valence-electron chi connectivity index (χ2n) is 4.36. The first-order chi connectivity index (χ1) is 9.10. The molecule has 2 N–H and O–H groups in total. The molecule has 0 saturated carbocycles. The molecular weight excluding hydrogens is 329 g/mol. The van der Waals surface area contributed by atoms with E-state index in [0.29, 0.717) is 17.8 Å².